The van der Waals surface area contributed by atoms with Crippen molar-refractivity contribution < 1.29 is 14.3 Å². The van der Waals surface area contributed by atoms with Crippen LogP contribution in [0.15, 0.2) is 42.7 Å². The van der Waals surface area contributed by atoms with Crippen LogP contribution in [0.4, 0.5) is 0 Å². The Kier molecular flexibility index (Phi) is 6.59. The van der Waals surface area contributed by atoms with Gasteiger partial charge in [-0.15, -0.1) is 0 Å². The molecule has 0 spiro atoms. The van der Waals surface area contributed by atoms with Gasteiger partial charge in [-0.05, 0) is 61.4 Å². The molecule has 0 saturated carbocycles. The number of amides is 1. The largest absolute Gasteiger partial charge is 0.454 e. The Morgan fingerprint density at radius 1 is 1.00 bits per heavy atom. The van der Waals surface area contributed by atoms with E-state index in [2.05, 4.69) is 32.8 Å². The van der Waals surface area contributed by atoms with Gasteiger partial charge in [0, 0.05) is 69.3 Å². The number of likely N-dealkylation sites (tertiary alicyclic amines) is 1. The highest BCUT2D eigenvalue weighted by molar-refractivity contribution is 5.94. The average molecular weight is 488 g/mol. The molecule has 0 radical (unpaired) electrons. The van der Waals surface area contributed by atoms with Crippen molar-refractivity contribution in [2.75, 3.05) is 26.4 Å². The third-order valence-corrected chi connectivity index (χ3v) is 7.46. The third-order valence-electron chi connectivity index (χ3n) is 7.46. The number of nitrogens with zero attached hydrogens (tertiary/aromatic N) is 5. The number of aromatic nitrogens is 3. The Morgan fingerprint density at radius 2 is 1.89 bits per heavy atom. The van der Waals surface area contributed by atoms with Crippen LogP contribution >= 0.6 is 0 Å². The van der Waals surface area contributed by atoms with E-state index >= 15 is 0 Å². The monoisotopic (exact) mass is 487 g/mol. The first-order chi connectivity index (χ1) is 17.7. The molecule has 3 aliphatic heterocycles. The van der Waals surface area contributed by atoms with Crippen LogP contribution in [0.5, 0.6) is 11.5 Å². The van der Waals surface area contributed by atoms with E-state index in [1.165, 1.54) is 23.2 Å². The number of benzene rings is 1. The zero-order chi connectivity index (χ0) is 24.3. The molecule has 5 heterocycles. The van der Waals surface area contributed by atoms with Crippen molar-refractivity contribution in [3.05, 3.63) is 70.8 Å². The van der Waals surface area contributed by atoms with Gasteiger partial charge in [0.15, 0.2) is 17.2 Å². The van der Waals surface area contributed by atoms with Gasteiger partial charge in [-0.3, -0.25) is 19.4 Å². The summed E-state index contributed by atoms with van der Waals surface area (Å²) >= 11 is 0. The van der Waals surface area contributed by atoms with Crippen LogP contribution in [-0.2, 0) is 32.5 Å². The minimum Gasteiger partial charge on any atom is -0.454 e. The summed E-state index contributed by atoms with van der Waals surface area (Å²) < 4.78 is 13.1. The highest BCUT2D eigenvalue weighted by atomic mass is 16.7. The predicted molar refractivity (Wildman–Crippen MR) is 135 cm³/mol. The molecule has 8 nitrogen and oxygen atoms in total. The van der Waals surface area contributed by atoms with E-state index in [0.717, 1.165) is 88.4 Å². The number of hydrogen-bond acceptors (Lipinski definition) is 6. The Balaban J connectivity index is 1.21. The van der Waals surface area contributed by atoms with E-state index in [0.29, 0.717) is 5.69 Å². The molecule has 0 unspecified atom stereocenters. The second-order valence-electron chi connectivity index (χ2n) is 9.96. The van der Waals surface area contributed by atoms with Gasteiger partial charge in [0.2, 0.25) is 6.79 Å². The number of rotatable bonds is 7. The Morgan fingerprint density at radius 3 is 2.75 bits per heavy atom. The van der Waals surface area contributed by atoms with E-state index in [9.17, 15) is 4.79 Å². The maximum Gasteiger partial charge on any atom is 0.274 e. The summed E-state index contributed by atoms with van der Waals surface area (Å²) in [5, 5.41) is 4.93. The lowest BCUT2D eigenvalue weighted by Gasteiger charge is -2.29. The molecule has 188 valence electrons. The molecule has 1 saturated heterocycles. The fourth-order valence-corrected chi connectivity index (χ4v) is 5.56. The molecule has 8 heteroatoms. The van der Waals surface area contributed by atoms with Crippen molar-refractivity contribution in [1.82, 2.24) is 24.6 Å². The summed E-state index contributed by atoms with van der Waals surface area (Å²) in [5.74, 6) is 1.72. The molecule has 1 fully saturated rings. The van der Waals surface area contributed by atoms with Crippen molar-refractivity contribution in [1.29, 1.82) is 0 Å². The fraction of sp³-hybridized carbons (Fsp3) is 0.464. The average Bonchev–Trinajstić information content (AvgIpc) is 3.54. The van der Waals surface area contributed by atoms with Crippen LogP contribution in [0, 0.1) is 0 Å². The molecule has 0 atom stereocenters. The topological polar surface area (TPSA) is 72.7 Å². The Hall–Kier alpha value is -3.39. The van der Waals surface area contributed by atoms with Gasteiger partial charge in [0.05, 0.1) is 0 Å². The second kappa shape index (κ2) is 10.3. The molecule has 3 aromatic rings. The quantitative estimate of drug-likeness (QED) is 0.505. The molecule has 1 amide bonds. The molecule has 0 bridgehead atoms. The lowest BCUT2D eigenvalue weighted by Crippen LogP contribution is -2.37. The first-order valence-electron chi connectivity index (χ1n) is 13.1. The van der Waals surface area contributed by atoms with Gasteiger partial charge < -0.3 is 14.4 Å². The molecule has 3 aliphatic rings. The Bertz CT molecular complexity index is 1220. The standard InChI is InChI=1S/C28H33N5O3/c34-28(32-12-2-1-3-13-32)27-23-19-31(18-22-8-9-25-26(16-22)36-20-35-25)15-10-24(23)33(30-27)14-5-7-21-6-4-11-29-17-21/h4,6,8-9,11,16-17H,1-3,5,7,10,12-15,18-20H2. The smallest absolute Gasteiger partial charge is 0.274 e. The number of ether oxygens (including phenoxy) is 2. The SMILES string of the molecule is O=C(c1nn(CCCc2cccnc2)c2c1CN(Cc1ccc3c(c1)OCO3)CC2)N1CCCCC1. The zero-order valence-electron chi connectivity index (χ0n) is 20.7. The number of carbonyl (C=O) groups is 1. The summed E-state index contributed by atoms with van der Waals surface area (Å²) in [5.41, 5.74) is 5.42. The highest BCUT2D eigenvalue weighted by Gasteiger charge is 2.31. The van der Waals surface area contributed by atoms with Crippen molar-refractivity contribution in [3.8, 4) is 11.5 Å². The maximum absolute atomic E-state index is 13.6. The van der Waals surface area contributed by atoms with Crippen LogP contribution < -0.4 is 9.47 Å². The number of pyridine rings is 1. The zero-order valence-corrected chi connectivity index (χ0v) is 20.7. The molecule has 0 N–H and O–H groups in total. The van der Waals surface area contributed by atoms with Crippen LogP contribution in [0.2, 0.25) is 0 Å². The maximum atomic E-state index is 13.6. The third kappa shape index (κ3) is 4.82. The molecular formula is C28H33N5O3. The molecule has 36 heavy (non-hydrogen) atoms. The number of piperidine rings is 1. The number of aryl methyl sites for hydroxylation is 2. The Labute approximate surface area is 211 Å². The van der Waals surface area contributed by atoms with Crippen molar-refractivity contribution in [2.24, 2.45) is 0 Å². The summed E-state index contributed by atoms with van der Waals surface area (Å²) in [6, 6.07) is 10.3. The normalized spacial score (nSPS) is 17.3. The lowest BCUT2D eigenvalue weighted by molar-refractivity contribution is 0.0714. The molecule has 2 aromatic heterocycles. The highest BCUT2D eigenvalue weighted by Crippen LogP contribution is 2.33. The van der Waals surface area contributed by atoms with Gasteiger partial charge in [0.25, 0.3) is 5.91 Å². The van der Waals surface area contributed by atoms with Crippen molar-refractivity contribution >= 4 is 5.91 Å². The van der Waals surface area contributed by atoms with E-state index in [-0.39, 0.29) is 12.7 Å². The molecule has 6 rings (SSSR count). The minimum absolute atomic E-state index is 0.0990. The van der Waals surface area contributed by atoms with Gasteiger partial charge in [-0.1, -0.05) is 12.1 Å². The van der Waals surface area contributed by atoms with E-state index < -0.39 is 0 Å². The molecular weight excluding hydrogens is 454 g/mol. The van der Waals surface area contributed by atoms with Gasteiger partial charge in [-0.2, -0.15) is 5.10 Å². The first-order valence-corrected chi connectivity index (χ1v) is 13.1. The van der Waals surface area contributed by atoms with Crippen LogP contribution in [-0.4, -0.2) is 56.9 Å². The predicted octanol–water partition coefficient (Wildman–Crippen LogP) is 3.82. The van der Waals surface area contributed by atoms with Gasteiger partial charge in [0.1, 0.15) is 0 Å². The number of carbonyl (C=O) groups excluding carboxylic acids is 1. The van der Waals surface area contributed by atoms with Crippen molar-refractivity contribution in [3.63, 3.8) is 0 Å². The summed E-state index contributed by atoms with van der Waals surface area (Å²) in [7, 11) is 0. The van der Waals surface area contributed by atoms with Crippen LogP contribution in [0.25, 0.3) is 0 Å². The fourth-order valence-electron chi connectivity index (χ4n) is 5.56. The van der Waals surface area contributed by atoms with E-state index in [1.54, 1.807) is 6.20 Å². The molecule has 0 aliphatic carbocycles. The molecule has 1 aromatic carbocycles. The number of hydrogen-bond donors (Lipinski definition) is 0. The summed E-state index contributed by atoms with van der Waals surface area (Å²) in [6.07, 6.45) is 9.91. The summed E-state index contributed by atoms with van der Waals surface area (Å²) in [6.45, 7) is 5.25. The van der Waals surface area contributed by atoms with E-state index in [4.69, 9.17) is 14.6 Å². The van der Waals surface area contributed by atoms with Crippen LogP contribution in [0.1, 0.15) is 58.6 Å². The minimum atomic E-state index is 0.0990. The van der Waals surface area contributed by atoms with E-state index in [1.807, 2.05) is 23.2 Å². The summed E-state index contributed by atoms with van der Waals surface area (Å²) in [4.78, 5) is 22.2. The first kappa shape index (κ1) is 23.0. The number of fused-ring (bicyclic) bond motifs is 2. The van der Waals surface area contributed by atoms with Gasteiger partial charge in [-0.25, -0.2) is 0 Å². The van der Waals surface area contributed by atoms with Crippen molar-refractivity contribution in [2.45, 2.75) is 58.2 Å². The second-order valence-corrected chi connectivity index (χ2v) is 9.96. The lowest BCUT2D eigenvalue weighted by atomic mass is 10.0. The van der Waals surface area contributed by atoms with Crippen LogP contribution in [0.3, 0.4) is 0 Å². The van der Waals surface area contributed by atoms with Gasteiger partial charge >= 0.3 is 0 Å².